The van der Waals surface area contributed by atoms with Crippen LogP contribution in [0.3, 0.4) is 0 Å². The van der Waals surface area contributed by atoms with Crippen molar-refractivity contribution < 1.29 is 19.1 Å². The van der Waals surface area contributed by atoms with Gasteiger partial charge in [-0.3, -0.25) is 4.79 Å². The maximum atomic E-state index is 10.8. The van der Waals surface area contributed by atoms with E-state index in [-0.39, 0.29) is 5.78 Å². The summed E-state index contributed by atoms with van der Waals surface area (Å²) in [5, 5.41) is 0. The fourth-order valence-electron chi connectivity index (χ4n) is 0.613. The second-order valence-corrected chi connectivity index (χ2v) is 2.20. The molecule has 12 heavy (non-hydrogen) atoms. The van der Waals surface area contributed by atoms with Crippen molar-refractivity contribution in [2.45, 2.75) is 19.4 Å². The highest BCUT2D eigenvalue weighted by molar-refractivity contribution is 5.82. The standard InChI is InChI=1S/C8H12O4/c1-4-5-7(6(2)9)12-8(10)11-3/h4,7H,1,5H2,2-3H3. The van der Waals surface area contributed by atoms with Crippen molar-refractivity contribution in [1.29, 1.82) is 0 Å². The van der Waals surface area contributed by atoms with Gasteiger partial charge in [0.1, 0.15) is 0 Å². The van der Waals surface area contributed by atoms with Gasteiger partial charge in [0.05, 0.1) is 7.11 Å². The summed E-state index contributed by atoms with van der Waals surface area (Å²) in [6.07, 6.45) is 0.200. The van der Waals surface area contributed by atoms with Crippen molar-refractivity contribution in [3.8, 4) is 0 Å². The average Bonchev–Trinajstić information content (AvgIpc) is 2.03. The number of ketones is 1. The zero-order valence-corrected chi connectivity index (χ0v) is 7.20. The van der Waals surface area contributed by atoms with Crippen molar-refractivity contribution in [2.24, 2.45) is 0 Å². The molecule has 0 heterocycles. The molecule has 0 bridgehead atoms. The molecule has 4 heteroatoms. The number of rotatable bonds is 4. The highest BCUT2D eigenvalue weighted by atomic mass is 16.7. The predicted molar refractivity (Wildman–Crippen MR) is 42.8 cm³/mol. The van der Waals surface area contributed by atoms with Gasteiger partial charge in [-0.15, -0.1) is 6.58 Å². The first-order chi connectivity index (χ1) is 5.61. The molecule has 0 N–H and O–H groups in total. The molecule has 0 aromatic heterocycles. The van der Waals surface area contributed by atoms with Crippen molar-refractivity contribution in [3.05, 3.63) is 12.7 Å². The van der Waals surface area contributed by atoms with Gasteiger partial charge in [-0.1, -0.05) is 6.08 Å². The molecule has 1 unspecified atom stereocenters. The molecule has 0 radical (unpaired) electrons. The molecule has 0 fully saturated rings. The summed E-state index contributed by atoms with van der Waals surface area (Å²) in [7, 11) is 1.19. The minimum Gasteiger partial charge on any atom is -0.438 e. The third-order valence-electron chi connectivity index (χ3n) is 1.24. The molecule has 0 saturated carbocycles. The van der Waals surface area contributed by atoms with Crippen molar-refractivity contribution in [1.82, 2.24) is 0 Å². The van der Waals surface area contributed by atoms with E-state index in [0.717, 1.165) is 0 Å². The third kappa shape index (κ3) is 3.75. The van der Waals surface area contributed by atoms with Crippen LogP contribution in [0.1, 0.15) is 13.3 Å². The number of carbonyl (C=O) groups is 2. The topological polar surface area (TPSA) is 52.6 Å². The van der Waals surface area contributed by atoms with Gasteiger partial charge in [0.15, 0.2) is 11.9 Å². The van der Waals surface area contributed by atoms with Crippen LogP contribution in [0.25, 0.3) is 0 Å². The first-order valence-corrected chi connectivity index (χ1v) is 3.47. The zero-order valence-electron chi connectivity index (χ0n) is 7.20. The molecule has 0 rings (SSSR count). The van der Waals surface area contributed by atoms with Gasteiger partial charge in [-0.25, -0.2) is 4.79 Å². The van der Waals surface area contributed by atoms with Crippen LogP contribution in [0.5, 0.6) is 0 Å². The van der Waals surface area contributed by atoms with Gasteiger partial charge in [-0.2, -0.15) is 0 Å². The fraction of sp³-hybridized carbons (Fsp3) is 0.500. The number of hydrogen-bond donors (Lipinski definition) is 0. The van der Waals surface area contributed by atoms with Gasteiger partial charge >= 0.3 is 6.16 Å². The molecule has 0 aromatic rings. The van der Waals surface area contributed by atoms with E-state index in [1.165, 1.54) is 20.1 Å². The molecule has 4 nitrogen and oxygen atoms in total. The second-order valence-electron chi connectivity index (χ2n) is 2.20. The Morgan fingerprint density at radius 1 is 1.58 bits per heavy atom. The van der Waals surface area contributed by atoms with E-state index in [2.05, 4.69) is 16.1 Å². The van der Waals surface area contributed by atoms with Gasteiger partial charge in [0, 0.05) is 6.42 Å². The molecular formula is C8H12O4. The summed E-state index contributed by atoms with van der Waals surface area (Å²) >= 11 is 0. The largest absolute Gasteiger partial charge is 0.508 e. The molecule has 68 valence electrons. The highest BCUT2D eigenvalue weighted by Crippen LogP contribution is 2.02. The number of ether oxygens (including phenoxy) is 2. The van der Waals surface area contributed by atoms with Crippen LogP contribution in [0, 0.1) is 0 Å². The average molecular weight is 172 g/mol. The molecule has 0 aromatic carbocycles. The van der Waals surface area contributed by atoms with Crippen molar-refractivity contribution in [3.63, 3.8) is 0 Å². The van der Waals surface area contributed by atoms with Crippen LogP contribution in [0.2, 0.25) is 0 Å². The summed E-state index contributed by atoms with van der Waals surface area (Å²) in [6, 6.07) is 0. The lowest BCUT2D eigenvalue weighted by Gasteiger charge is -2.11. The van der Waals surface area contributed by atoms with Crippen LogP contribution >= 0.6 is 0 Å². The van der Waals surface area contributed by atoms with Crippen LogP contribution in [-0.4, -0.2) is 25.2 Å². The highest BCUT2D eigenvalue weighted by Gasteiger charge is 2.17. The minimum atomic E-state index is -0.850. The Kier molecular flexibility index (Phi) is 4.76. The predicted octanol–water partition coefficient (Wildman–Crippen LogP) is 1.30. The maximum absolute atomic E-state index is 10.8. The monoisotopic (exact) mass is 172 g/mol. The van der Waals surface area contributed by atoms with E-state index in [1.807, 2.05) is 0 Å². The van der Waals surface area contributed by atoms with E-state index in [0.29, 0.717) is 6.42 Å². The van der Waals surface area contributed by atoms with E-state index in [1.54, 1.807) is 0 Å². The van der Waals surface area contributed by atoms with Crippen LogP contribution in [0.4, 0.5) is 4.79 Å². The number of carbonyl (C=O) groups excluding carboxylic acids is 2. The van der Waals surface area contributed by atoms with Gasteiger partial charge in [0.25, 0.3) is 0 Å². The Balaban J connectivity index is 4.03. The van der Waals surface area contributed by atoms with Gasteiger partial charge < -0.3 is 9.47 Å². The summed E-state index contributed by atoms with van der Waals surface area (Å²) < 4.78 is 8.85. The quantitative estimate of drug-likeness (QED) is 0.473. The smallest absolute Gasteiger partial charge is 0.438 e. The van der Waals surface area contributed by atoms with Crippen molar-refractivity contribution in [2.75, 3.05) is 7.11 Å². The summed E-state index contributed by atoms with van der Waals surface area (Å²) in [6.45, 7) is 4.78. The Bertz CT molecular complexity index is 185. The Labute approximate surface area is 71.2 Å². The normalized spacial score (nSPS) is 11.5. The maximum Gasteiger partial charge on any atom is 0.508 e. The molecule has 0 aliphatic rings. The molecule has 0 amide bonds. The lowest BCUT2D eigenvalue weighted by Crippen LogP contribution is -2.24. The Hall–Kier alpha value is -1.32. The Morgan fingerprint density at radius 3 is 2.50 bits per heavy atom. The molecule has 0 saturated heterocycles. The summed E-state index contributed by atoms with van der Waals surface area (Å²) in [4.78, 5) is 21.4. The molecule has 0 spiro atoms. The fourth-order valence-corrected chi connectivity index (χ4v) is 0.613. The van der Waals surface area contributed by atoms with E-state index >= 15 is 0 Å². The first kappa shape index (κ1) is 10.7. The second kappa shape index (κ2) is 5.35. The molecule has 1 atom stereocenters. The van der Waals surface area contributed by atoms with E-state index in [9.17, 15) is 9.59 Å². The third-order valence-corrected chi connectivity index (χ3v) is 1.24. The van der Waals surface area contributed by atoms with Crippen molar-refractivity contribution >= 4 is 11.9 Å². The minimum absolute atomic E-state index is 0.222. The number of Topliss-reactive ketones (excluding diaryl/α,β-unsaturated/α-hetero) is 1. The molecular weight excluding hydrogens is 160 g/mol. The molecule has 0 aliphatic carbocycles. The Morgan fingerprint density at radius 2 is 2.17 bits per heavy atom. The van der Waals surface area contributed by atoms with Crippen LogP contribution in [-0.2, 0) is 14.3 Å². The van der Waals surface area contributed by atoms with E-state index < -0.39 is 12.3 Å². The van der Waals surface area contributed by atoms with Gasteiger partial charge in [-0.05, 0) is 6.92 Å². The van der Waals surface area contributed by atoms with Crippen LogP contribution in [0.15, 0.2) is 12.7 Å². The van der Waals surface area contributed by atoms with Crippen LogP contribution < -0.4 is 0 Å². The SMILES string of the molecule is C=CCC(OC(=O)OC)C(C)=O. The summed E-state index contributed by atoms with van der Waals surface area (Å²) in [5.74, 6) is -0.222. The number of methoxy groups -OCH3 is 1. The molecule has 0 aliphatic heterocycles. The van der Waals surface area contributed by atoms with E-state index in [4.69, 9.17) is 0 Å². The first-order valence-electron chi connectivity index (χ1n) is 3.47. The lowest BCUT2D eigenvalue weighted by atomic mass is 10.2. The van der Waals surface area contributed by atoms with Gasteiger partial charge in [0.2, 0.25) is 0 Å². The summed E-state index contributed by atoms with van der Waals surface area (Å²) in [5.41, 5.74) is 0. The number of hydrogen-bond acceptors (Lipinski definition) is 4. The lowest BCUT2D eigenvalue weighted by molar-refractivity contribution is -0.126. The zero-order chi connectivity index (χ0) is 9.56.